The van der Waals surface area contributed by atoms with Crippen LogP contribution in [0.3, 0.4) is 0 Å². The predicted molar refractivity (Wildman–Crippen MR) is 197 cm³/mol. The lowest BCUT2D eigenvalue weighted by Crippen LogP contribution is -2.53. The summed E-state index contributed by atoms with van der Waals surface area (Å²) in [5, 5.41) is 0. The van der Waals surface area contributed by atoms with E-state index in [1.54, 1.807) is 11.8 Å². The van der Waals surface area contributed by atoms with Gasteiger partial charge >= 0.3 is 17.1 Å². The van der Waals surface area contributed by atoms with E-state index < -0.39 is 72.8 Å². The molecule has 0 bridgehead atoms. The Hall–Kier alpha value is -0.195. The fourth-order valence-electron chi connectivity index (χ4n) is 5.46. The highest BCUT2D eigenvalue weighted by Crippen LogP contribution is 2.31. The van der Waals surface area contributed by atoms with Crippen molar-refractivity contribution in [2.75, 3.05) is 13.2 Å². The van der Waals surface area contributed by atoms with Crippen LogP contribution in [0.5, 0.6) is 11.5 Å². The molecule has 19 heteroatoms. The second-order valence-electron chi connectivity index (χ2n) is 11.6. The van der Waals surface area contributed by atoms with E-state index >= 15 is 0 Å². The lowest BCUT2D eigenvalue weighted by molar-refractivity contribution is 0.264. The van der Waals surface area contributed by atoms with Crippen molar-refractivity contribution in [3.05, 3.63) is 48.5 Å². The van der Waals surface area contributed by atoms with Crippen LogP contribution in [0.2, 0.25) is 64.5 Å². The van der Waals surface area contributed by atoms with Gasteiger partial charge < -0.3 is 42.4 Å². The first-order valence-electron chi connectivity index (χ1n) is 15.9. The fourth-order valence-corrected chi connectivity index (χ4v) is 35.6. The normalized spacial score (nSPS) is 33.0. The van der Waals surface area contributed by atoms with Crippen LogP contribution in [-0.2, 0) is 32.9 Å². The molecule has 45 heavy (non-hydrogen) atoms. The van der Waals surface area contributed by atoms with Crippen LogP contribution in [-0.4, -0.2) is 86.0 Å². The minimum atomic E-state index is -2.31. The molecular formula is C26H50O10SSi8. The van der Waals surface area contributed by atoms with Crippen LogP contribution in [0.4, 0.5) is 0 Å². The first-order valence-corrected chi connectivity index (χ1v) is 34.3. The van der Waals surface area contributed by atoms with Crippen LogP contribution < -0.4 is 9.47 Å². The Morgan fingerprint density at radius 2 is 0.822 bits per heavy atom. The van der Waals surface area contributed by atoms with Crippen LogP contribution in [0.1, 0.15) is 12.8 Å². The number of rotatable bonds is 12. The van der Waals surface area contributed by atoms with Crippen LogP contribution in [0.25, 0.3) is 0 Å². The van der Waals surface area contributed by atoms with Gasteiger partial charge in [-0.1, -0.05) is 11.8 Å². The van der Waals surface area contributed by atoms with E-state index in [1.807, 2.05) is 24.3 Å². The van der Waals surface area contributed by atoms with Gasteiger partial charge in [0, 0.05) is 9.79 Å². The second kappa shape index (κ2) is 18.0. The highest BCUT2D eigenvalue weighted by atomic mass is 32.2. The van der Waals surface area contributed by atoms with Crippen LogP contribution in [0.15, 0.2) is 58.3 Å². The van der Waals surface area contributed by atoms with Crippen molar-refractivity contribution in [1.29, 1.82) is 0 Å². The van der Waals surface area contributed by atoms with E-state index in [9.17, 15) is 0 Å². The van der Waals surface area contributed by atoms with Gasteiger partial charge in [-0.25, -0.2) is 0 Å². The zero-order chi connectivity index (χ0) is 32.5. The van der Waals surface area contributed by atoms with Gasteiger partial charge in [-0.3, -0.25) is 0 Å². The van der Waals surface area contributed by atoms with Gasteiger partial charge in [0.05, 0.1) is 13.2 Å². The van der Waals surface area contributed by atoms with Gasteiger partial charge in [-0.15, -0.1) is 0 Å². The van der Waals surface area contributed by atoms with Gasteiger partial charge in [-0.05, 0) is 126 Å². The minimum Gasteiger partial charge on any atom is -0.494 e. The van der Waals surface area contributed by atoms with Gasteiger partial charge in [0.25, 0.3) is 55.7 Å². The molecule has 2 fully saturated rings. The van der Waals surface area contributed by atoms with E-state index in [-0.39, 0.29) is 0 Å². The van der Waals surface area contributed by atoms with Crippen molar-refractivity contribution < 1.29 is 42.4 Å². The number of hydrogen-bond donors (Lipinski definition) is 0. The Morgan fingerprint density at radius 1 is 0.511 bits per heavy atom. The van der Waals surface area contributed by atoms with Crippen molar-refractivity contribution in [1.82, 2.24) is 0 Å². The second-order valence-corrected chi connectivity index (χ2v) is 33.3. The summed E-state index contributed by atoms with van der Waals surface area (Å²) in [5.41, 5.74) is 0. The van der Waals surface area contributed by atoms with Gasteiger partial charge in [-0.2, -0.15) is 0 Å². The molecule has 2 heterocycles. The van der Waals surface area contributed by atoms with Crippen LogP contribution in [0, 0.1) is 0 Å². The highest BCUT2D eigenvalue weighted by Gasteiger charge is 2.40. The third-order valence-corrected chi connectivity index (χ3v) is 36.3. The Labute approximate surface area is 285 Å². The summed E-state index contributed by atoms with van der Waals surface area (Å²) in [6.07, 6.45) is 1.75. The summed E-state index contributed by atoms with van der Waals surface area (Å²) in [6, 6.07) is 18.2. The molecule has 4 atom stereocenters. The quantitative estimate of drug-likeness (QED) is 0.220. The minimum absolute atomic E-state index is 0.620. The molecule has 4 rings (SSSR count). The van der Waals surface area contributed by atoms with Crippen molar-refractivity contribution in [3.8, 4) is 11.5 Å². The molecule has 10 nitrogen and oxygen atoms in total. The molecular weight excluding hydrogens is 729 g/mol. The lowest BCUT2D eigenvalue weighted by Gasteiger charge is -2.37. The Bertz CT molecular complexity index is 1060. The predicted octanol–water partition coefficient (Wildman–Crippen LogP) is 4.78. The molecule has 2 aliphatic heterocycles. The molecule has 0 aliphatic carbocycles. The molecule has 0 saturated carbocycles. The Balaban J connectivity index is 1.15. The number of hydrogen-bond acceptors (Lipinski definition) is 11. The Kier molecular flexibility index (Phi) is 15.0. The molecule has 2 aromatic carbocycles. The van der Waals surface area contributed by atoms with Crippen molar-refractivity contribution in [2.45, 2.75) is 87.1 Å². The van der Waals surface area contributed by atoms with Gasteiger partial charge in [0.2, 0.25) is 0 Å². The molecule has 252 valence electrons. The van der Waals surface area contributed by atoms with E-state index in [0.717, 1.165) is 46.2 Å². The summed E-state index contributed by atoms with van der Waals surface area (Å²) in [7, 11) is -14.7. The summed E-state index contributed by atoms with van der Waals surface area (Å²) >= 11 is 1.71. The van der Waals surface area contributed by atoms with Crippen LogP contribution >= 0.6 is 11.8 Å². The third kappa shape index (κ3) is 13.3. The van der Waals surface area contributed by atoms with E-state index in [4.69, 9.17) is 42.4 Å². The summed E-state index contributed by atoms with van der Waals surface area (Å²) in [4.78, 5) is 2.31. The molecule has 2 aromatic rings. The van der Waals surface area contributed by atoms with E-state index in [2.05, 4.69) is 76.6 Å². The largest absolute Gasteiger partial charge is 0.494 e. The maximum Gasteiger partial charge on any atom is 0.317 e. The van der Waals surface area contributed by atoms with Crippen molar-refractivity contribution in [3.63, 3.8) is 0 Å². The average Bonchev–Trinajstić information content (AvgIpc) is 2.93. The first kappa shape index (κ1) is 37.6. The van der Waals surface area contributed by atoms with E-state index in [1.165, 1.54) is 0 Å². The SMILES string of the molecule is C[SiH]1O[SiH](C)O[Si](C)(CCCOc2ccc(Sc3ccc(OCCC[Si]4(C)O[SiH](C)O[SiH](C)O[SiH](C)O4)cc3)cc2)O[SiH](C)O1. The topological polar surface area (TPSA) is 92.3 Å². The van der Waals surface area contributed by atoms with Crippen molar-refractivity contribution >= 4 is 84.6 Å². The maximum atomic E-state index is 6.36. The molecule has 0 N–H and O–H groups in total. The summed E-state index contributed by atoms with van der Waals surface area (Å²) in [5.74, 6) is 1.73. The fraction of sp³-hybridized carbons (Fsp3) is 0.538. The van der Waals surface area contributed by atoms with Crippen molar-refractivity contribution in [2.24, 2.45) is 0 Å². The van der Waals surface area contributed by atoms with Gasteiger partial charge in [0.15, 0.2) is 0 Å². The standard InChI is InChI=1S/C26H50O10SSi8/c1-38-29-40(3)33-44(7,34-41(4)30-38)21-9-19-27-23-11-15-25(16-12-23)37-26-17-13-24(14-18-26)28-20-10-22-45(8)35-42(5)31-39(2)32-43(6)36-45/h11-18,38-43H,9-10,19-22H2,1-8H3. The molecule has 0 aromatic heterocycles. The average molecular weight is 779 g/mol. The van der Waals surface area contributed by atoms with Gasteiger partial charge in [0.1, 0.15) is 11.5 Å². The number of benzene rings is 2. The zero-order valence-corrected chi connectivity index (χ0v) is 37.6. The molecule has 0 radical (unpaired) electrons. The third-order valence-electron chi connectivity index (χ3n) is 7.17. The molecule has 0 amide bonds. The monoisotopic (exact) mass is 778 g/mol. The molecule has 2 saturated heterocycles. The molecule has 4 unspecified atom stereocenters. The maximum absolute atomic E-state index is 6.36. The number of ether oxygens (including phenoxy) is 2. The van der Waals surface area contributed by atoms with E-state index in [0.29, 0.717) is 13.2 Å². The Morgan fingerprint density at radius 3 is 1.13 bits per heavy atom. The molecule has 2 aliphatic rings. The highest BCUT2D eigenvalue weighted by molar-refractivity contribution is 7.99. The lowest BCUT2D eigenvalue weighted by atomic mass is 10.3. The zero-order valence-electron chi connectivity index (χ0n) is 27.8. The first-order chi connectivity index (χ1) is 21.4. The molecule has 0 spiro atoms. The smallest absolute Gasteiger partial charge is 0.317 e. The summed E-state index contributed by atoms with van der Waals surface area (Å²) < 4.78 is 61.6. The summed E-state index contributed by atoms with van der Waals surface area (Å²) in [6.45, 7) is 17.9.